The Balaban J connectivity index is 1.33. The van der Waals surface area contributed by atoms with E-state index in [1.807, 2.05) is 24.3 Å². The molecule has 0 radical (unpaired) electrons. The number of aromatic hydroxyl groups is 1. The van der Waals surface area contributed by atoms with Crippen LogP contribution >= 0.6 is 0 Å². The van der Waals surface area contributed by atoms with E-state index in [9.17, 15) is 9.50 Å². The molecule has 1 N–H and O–H groups in total. The van der Waals surface area contributed by atoms with E-state index >= 15 is 0 Å². The molecule has 2 heterocycles. The Hall–Kier alpha value is -3.05. The summed E-state index contributed by atoms with van der Waals surface area (Å²) in [6.45, 7) is 7.02. The highest BCUT2D eigenvalue weighted by atomic mass is 19.1. The van der Waals surface area contributed by atoms with E-state index < -0.39 is 0 Å². The number of ether oxygens (including phenoxy) is 1. The van der Waals surface area contributed by atoms with E-state index in [1.165, 1.54) is 61.2 Å². The first kappa shape index (κ1) is 23.7. The third kappa shape index (κ3) is 5.62. The van der Waals surface area contributed by atoms with E-state index in [4.69, 9.17) is 4.74 Å². The zero-order valence-corrected chi connectivity index (χ0v) is 20.5. The van der Waals surface area contributed by atoms with Crippen LogP contribution in [0.4, 0.5) is 10.1 Å². The number of nitrogens with zero attached hydrogens (tertiary/aromatic N) is 2. The number of anilines is 1. The molecule has 5 heteroatoms. The van der Waals surface area contributed by atoms with Crippen molar-refractivity contribution in [1.29, 1.82) is 0 Å². The van der Waals surface area contributed by atoms with Crippen LogP contribution < -0.4 is 9.64 Å². The minimum Gasteiger partial charge on any atom is -0.508 e. The molecular weight excluding hydrogens is 439 g/mol. The molecule has 0 amide bonds. The number of aryl methyl sites for hydroxylation is 1. The maximum atomic E-state index is 13.6. The summed E-state index contributed by atoms with van der Waals surface area (Å²) in [7, 11) is 0. The molecule has 0 bridgehead atoms. The lowest BCUT2D eigenvalue weighted by molar-refractivity contribution is 0.183. The molecule has 1 unspecified atom stereocenters. The Morgan fingerprint density at radius 3 is 2.51 bits per heavy atom. The normalized spacial score (nSPS) is 18.3. The Morgan fingerprint density at radius 1 is 0.943 bits per heavy atom. The van der Waals surface area contributed by atoms with Crippen molar-refractivity contribution in [3.8, 4) is 11.5 Å². The number of fused-ring (bicyclic) bond motifs is 1. The highest BCUT2D eigenvalue weighted by molar-refractivity contribution is 5.54. The summed E-state index contributed by atoms with van der Waals surface area (Å²) in [5.41, 5.74) is 5.81. The van der Waals surface area contributed by atoms with E-state index in [0.29, 0.717) is 5.75 Å². The SMILES string of the molecule is Cc1cc(CC2c3ccc(O)cc3CCN2c2ccc(F)cc2)ccc1OCCN1CCCCC1. The van der Waals surface area contributed by atoms with Gasteiger partial charge in [0.2, 0.25) is 0 Å². The summed E-state index contributed by atoms with van der Waals surface area (Å²) in [5.74, 6) is 1.04. The maximum Gasteiger partial charge on any atom is 0.123 e. The molecule has 0 spiro atoms. The predicted octanol–water partition coefficient (Wildman–Crippen LogP) is 6.05. The van der Waals surface area contributed by atoms with E-state index in [2.05, 4.69) is 34.9 Å². The smallest absolute Gasteiger partial charge is 0.123 e. The highest BCUT2D eigenvalue weighted by Gasteiger charge is 2.28. The quantitative estimate of drug-likeness (QED) is 0.452. The molecule has 2 aliphatic rings. The average Bonchev–Trinajstić information content (AvgIpc) is 2.87. The second kappa shape index (κ2) is 10.7. The second-order valence-corrected chi connectivity index (χ2v) is 9.87. The third-order valence-electron chi connectivity index (χ3n) is 7.42. The van der Waals surface area contributed by atoms with Gasteiger partial charge in [-0.15, -0.1) is 0 Å². The molecule has 0 aliphatic carbocycles. The number of phenolic OH excluding ortho intramolecular Hbond substituents is 1. The molecule has 1 saturated heterocycles. The Morgan fingerprint density at radius 2 is 1.74 bits per heavy atom. The molecule has 35 heavy (non-hydrogen) atoms. The van der Waals surface area contributed by atoms with Crippen molar-refractivity contribution in [3.05, 3.63) is 88.7 Å². The zero-order valence-electron chi connectivity index (χ0n) is 20.5. The number of rotatable bonds is 7. The van der Waals surface area contributed by atoms with Crippen molar-refractivity contribution in [2.24, 2.45) is 0 Å². The second-order valence-electron chi connectivity index (χ2n) is 9.87. The van der Waals surface area contributed by atoms with Gasteiger partial charge in [-0.2, -0.15) is 0 Å². The summed E-state index contributed by atoms with van der Waals surface area (Å²) in [5, 5.41) is 10.0. The van der Waals surface area contributed by atoms with Gasteiger partial charge in [0.15, 0.2) is 0 Å². The first-order chi connectivity index (χ1) is 17.1. The van der Waals surface area contributed by atoms with E-state index in [-0.39, 0.29) is 11.9 Å². The summed E-state index contributed by atoms with van der Waals surface area (Å²) in [6.07, 6.45) is 5.62. The highest BCUT2D eigenvalue weighted by Crippen LogP contribution is 2.38. The van der Waals surface area contributed by atoms with Gasteiger partial charge in [0.25, 0.3) is 0 Å². The molecule has 0 aromatic heterocycles. The molecule has 3 aromatic rings. The van der Waals surface area contributed by atoms with E-state index in [0.717, 1.165) is 49.5 Å². The fourth-order valence-corrected chi connectivity index (χ4v) is 5.55. The summed E-state index contributed by atoms with van der Waals surface area (Å²) in [4.78, 5) is 4.85. The van der Waals surface area contributed by atoms with Crippen LogP contribution in [-0.4, -0.2) is 42.8 Å². The first-order valence-corrected chi connectivity index (χ1v) is 12.9. The average molecular weight is 475 g/mol. The minimum absolute atomic E-state index is 0.107. The van der Waals surface area contributed by atoms with Crippen LogP contribution in [0.5, 0.6) is 11.5 Å². The van der Waals surface area contributed by atoms with Gasteiger partial charge >= 0.3 is 0 Å². The van der Waals surface area contributed by atoms with E-state index in [1.54, 1.807) is 6.07 Å². The lowest BCUT2D eigenvalue weighted by atomic mass is 9.87. The van der Waals surface area contributed by atoms with Crippen LogP contribution in [0.25, 0.3) is 0 Å². The largest absolute Gasteiger partial charge is 0.508 e. The Kier molecular flexibility index (Phi) is 7.24. The lowest BCUT2D eigenvalue weighted by Gasteiger charge is -2.39. The fraction of sp³-hybridized carbons (Fsp3) is 0.400. The zero-order chi connectivity index (χ0) is 24.2. The van der Waals surface area contributed by atoms with Gasteiger partial charge in [0, 0.05) is 18.8 Å². The van der Waals surface area contributed by atoms with Crippen LogP contribution in [0.1, 0.15) is 47.6 Å². The number of hydrogen-bond acceptors (Lipinski definition) is 4. The van der Waals surface area contributed by atoms with Gasteiger partial charge in [-0.25, -0.2) is 4.39 Å². The summed E-state index contributed by atoms with van der Waals surface area (Å²) < 4.78 is 19.7. The van der Waals surface area contributed by atoms with Crippen molar-refractivity contribution in [3.63, 3.8) is 0 Å². The molecular formula is C30H35FN2O2. The van der Waals surface area contributed by atoms with Crippen LogP contribution in [-0.2, 0) is 12.8 Å². The Labute approximate surface area is 208 Å². The first-order valence-electron chi connectivity index (χ1n) is 12.9. The molecule has 184 valence electrons. The number of phenols is 1. The minimum atomic E-state index is -0.223. The van der Waals surface area contributed by atoms with Crippen LogP contribution in [0.2, 0.25) is 0 Å². The summed E-state index contributed by atoms with van der Waals surface area (Å²) in [6, 6.07) is 19.1. The maximum absolute atomic E-state index is 13.6. The van der Waals surface area contributed by atoms with Gasteiger partial charge < -0.3 is 14.7 Å². The number of piperidine rings is 1. The number of halogens is 1. The van der Waals surface area contributed by atoms with Crippen molar-refractivity contribution < 1.29 is 14.2 Å². The van der Waals surface area contributed by atoms with Crippen molar-refractivity contribution in [2.45, 2.75) is 45.1 Å². The van der Waals surface area contributed by atoms with Crippen molar-refractivity contribution in [1.82, 2.24) is 4.90 Å². The van der Waals surface area contributed by atoms with Crippen LogP contribution in [0, 0.1) is 12.7 Å². The number of benzene rings is 3. The van der Waals surface area contributed by atoms with Crippen molar-refractivity contribution in [2.75, 3.05) is 37.7 Å². The third-order valence-corrected chi connectivity index (χ3v) is 7.42. The van der Waals surface area contributed by atoms with Gasteiger partial charge in [-0.3, -0.25) is 4.90 Å². The molecule has 5 rings (SSSR count). The molecule has 1 fully saturated rings. The van der Waals surface area contributed by atoms with Gasteiger partial charge in [0.05, 0.1) is 6.04 Å². The number of likely N-dealkylation sites (tertiary alicyclic amines) is 1. The molecule has 1 atom stereocenters. The van der Waals surface area contributed by atoms with Gasteiger partial charge in [-0.05, 0) is 110 Å². The predicted molar refractivity (Wildman–Crippen MR) is 139 cm³/mol. The van der Waals surface area contributed by atoms with Gasteiger partial charge in [-0.1, -0.05) is 24.6 Å². The van der Waals surface area contributed by atoms with Gasteiger partial charge in [0.1, 0.15) is 23.9 Å². The lowest BCUT2D eigenvalue weighted by Crippen LogP contribution is -2.36. The Bertz CT molecular complexity index is 1140. The van der Waals surface area contributed by atoms with Crippen molar-refractivity contribution >= 4 is 5.69 Å². The molecule has 3 aromatic carbocycles. The standard InChI is InChI=1S/C30H35FN2O2/c1-22-19-23(5-12-30(22)35-18-17-32-14-3-2-4-15-32)20-29-28-11-10-27(34)21-24(28)13-16-33(29)26-8-6-25(31)7-9-26/h5-12,19,21,29,34H,2-4,13-18,20H2,1H3. The van der Waals surface area contributed by atoms with Crippen LogP contribution in [0.15, 0.2) is 60.7 Å². The topological polar surface area (TPSA) is 35.9 Å². The number of hydrogen-bond donors (Lipinski definition) is 1. The fourth-order valence-electron chi connectivity index (χ4n) is 5.55. The monoisotopic (exact) mass is 474 g/mol. The molecule has 2 aliphatic heterocycles. The summed E-state index contributed by atoms with van der Waals surface area (Å²) >= 11 is 0. The molecule has 0 saturated carbocycles. The van der Waals surface area contributed by atoms with Crippen LogP contribution in [0.3, 0.4) is 0 Å². The molecule has 4 nitrogen and oxygen atoms in total.